The lowest BCUT2D eigenvalue weighted by Crippen LogP contribution is -2.20. The molecule has 5 nitrogen and oxygen atoms in total. The SMILES string of the molecule is CCc1c(C)sc(NC(=O)c2cc3ccccc3oc2=N)c1C#N. The van der Waals surface area contributed by atoms with Crippen molar-refractivity contribution >= 4 is 33.2 Å². The minimum absolute atomic E-state index is 0.140. The average Bonchev–Trinajstić information content (AvgIpc) is 2.88. The third-order valence-corrected chi connectivity index (χ3v) is 4.88. The summed E-state index contributed by atoms with van der Waals surface area (Å²) in [6, 6.07) is 11.0. The first-order chi connectivity index (χ1) is 11.5. The molecule has 0 bridgehead atoms. The standard InChI is InChI=1S/C18H15N3O2S/c1-3-12-10(2)24-18(14(12)9-19)21-17(22)13-8-11-6-4-5-7-15(11)23-16(13)20/h4-8,20H,3H2,1-2H3,(H,21,22). The third-order valence-electron chi connectivity index (χ3n) is 3.82. The Kier molecular flexibility index (Phi) is 4.19. The molecule has 0 atom stereocenters. The highest BCUT2D eigenvalue weighted by molar-refractivity contribution is 7.16. The van der Waals surface area contributed by atoms with Gasteiger partial charge < -0.3 is 9.73 Å². The van der Waals surface area contributed by atoms with Crippen LogP contribution in [-0.4, -0.2) is 5.91 Å². The average molecular weight is 337 g/mol. The first kappa shape index (κ1) is 16.0. The van der Waals surface area contributed by atoms with E-state index in [1.54, 1.807) is 12.1 Å². The van der Waals surface area contributed by atoms with Crippen LogP contribution in [0.4, 0.5) is 5.00 Å². The zero-order chi connectivity index (χ0) is 17.3. The number of carbonyl (C=O) groups excluding carboxylic acids is 1. The molecule has 1 amide bonds. The van der Waals surface area contributed by atoms with Crippen LogP contribution >= 0.6 is 11.3 Å². The molecule has 3 rings (SSSR count). The van der Waals surface area contributed by atoms with Gasteiger partial charge in [-0.25, -0.2) is 0 Å². The number of hydrogen-bond donors (Lipinski definition) is 2. The summed E-state index contributed by atoms with van der Waals surface area (Å²) in [4.78, 5) is 13.6. The van der Waals surface area contributed by atoms with Crippen LogP contribution in [0, 0.1) is 23.7 Å². The van der Waals surface area contributed by atoms with Crippen molar-refractivity contribution in [3.05, 3.63) is 57.5 Å². The van der Waals surface area contributed by atoms with E-state index >= 15 is 0 Å². The van der Waals surface area contributed by atoms with E-state index in [-0.39, 0.29) is 11.1 Å². The van der Waals surface area contributed by atoms with Gasteiger partial charge >= 0.3 is 0 Å². The molecule has 24 heavy (non-hydrogen) atoms. The summed E-state index contributed by atoms with van der Waals surface area (Å²) in [6.45, 7) is 3.91. The molecule has 0 unspecified atom stereocenters. The van der Waals surface area contributed by atoms with Gasteiger partial charge in [-0.15, -0.1) is 11.3 Å². The first-order valence-corrected chi connectivity index (χ1v) is 8.28. The van der Waals surface area contributed by atoms with Gasteiger partial charge in [-0.1, -0.05) is 25.1 Å². The molecule has 6 heteroatoms. The van der Waals surface area contributed by atoms with Gasteiger partial charge in [-0.3, -0.25) is 10.2 Å². The number of fused-ring (bicyclic) bond motifs is 1. The molecule has 0 saturated carbocycles. The van der Waals surface area contributed by atoms with Crippen LogP contribution in [-0.2, 0) is 6.42 Å². The minimum atomic E-state index is -0.449. The van der Waals surface area contributed by atoms with Gasteiger partial charge in [0.05, 0.1) is 5.56 Å². The van der Waals surface area contributed by atoms with Crippen molar-refractivity contribution in [2.45, 2.75) is 20.3 Å². The number of carbonyl (C=O) groups is 1. The molecule has 0 radical (unpaired) electrons. The zero-order valence-corrected chi connectivity index (χ0v) is 14.1. The van der Waals surface area contributed by atoms with Crippen LogP contribution in [0.5, 0.6) is 0 Å². The number of nitrogens with zero attached hydrogens (tertiary/aromatic N) is 1. The van der Waals surface area contributed by atoms with E-state index in [0.717, 1.165) is 22.2 Å². The van der Waals surface area contributed by atoms with Crippen molar-refractivity contribution in [3.63, 3.8) is 0 Å². The lowest BCUT2D eigenvalue weighted by atomic mass is 10.1. The fourth-order valence-corrected chi connectivity index (χ4v) is 3.72. The molecule has 0 aliphatic heterocycles. The van der Waals surface area contributed by atoms with Crippen molar-refractivity contribution in [1.82, 2.24) is 0 Å². The fraction of sp³-hybridized carbons (Fsp3) is 0.167. The van der Waals surface area contributed by atoms with E-state index in [2.05, 4.69) is 11.4 Å². The second-order valence-corrected chi connectivity index (χ2v) is 6.51. The van der Waals surface area contributed by atoms with Crippen molar-refractivity contribution in [2.75, 3.05) is 5.32 Å². The zero-order valence-electron chi connectivity index (χ0n) is 13.3. The molecular formula is C18H15N3O2S. The van der Waals surface area contributed by atoms with E-state index in [0.29, 0.717) is 16.1 Å². The minimum Gasteiger partial charge on any atom is -0.438 e. The topological polar surface area (TPSA) is 89.9 Å². The number of amides is 1. The highest BCUT2D eigenvalue weighted by Gasteiger charge is 2.18. The summed E-state index contributed by atoms with van der Waals surface area (Å²) in [5, 5.41) is 21.3. The van der Waals surface area contributed by atoms with Crippen molar-refractivity contribution < 1.29 is 9.21 Å². The van der Waals surface area contributed by atoms with Crippen molar-refractivity contribution in [1.29, 1.82) is 10.7 Å². The second-order valence-electron chi connectivity index (χ2n) is 5.29. The molecule has 2 heterocycles. The monoisotopic (exact) mass is 337 g/mol. The highest BCUT2D eigenvalue weighted by atomic mass is 32.1. The Bertz CT molecular complexity index is 1040. The maximum atomic E-state index is 12.6. The first-order valence-electron chi connectivity index (χ1n) is 7.46. The van der Waals surface area contributed by atoms with Gasteiger partial charge in [0, 0.05) is 10.3 Å². The van der Waals surface area contributed by atoms with Gasteiger partial charge in [-0.2, -0.15) is 5.26 Å². The van der Waals surface area contributed by atoms with Crippen LogP contribution < -0.4 is 10.9 Å². The summed E-state index contributed by atoms with van der Waals surface area (Å²) in [5.41, 5.74) is 1.94. The summed E-state index contributed by atoms with van der Waals surface area (Å²) < 4.78 is 5.40. The number of nitriles is 1. The largest absolute Gasteiger partial charge is 0.438 e. The second kappa shape index (κ2) is 6.30. The smallest absolute Gasteiger partial charge is 0.261 e. The van der Waals surface area contributed by atoms with Crippen LogP contribution in [0.2, 0.25) is 0 Å². The molecule has 0 aliphatic rings. The Morgan fingerprint density at radius 2 is 2.17 bits per heavy atom. The van der Waals surface area contributed by atoms with Crippen LogP contribution in [0.3, 0.4) is 0 Å². The third kappa shape index (κ3) is 2.70. The quantitative estimate of drug-likeness (QED) is 0.758. The Morgan fingerprint density at radius 1 is 1.42 bits per heavy atom. The Labute approximate surface area is 142 Å². The predicted molar refractivity (Wildman–Crippen MR) is 93.2 cm³/mol. The molecule has 1 aromatic carbocycles. The summed E-state index contributed by atoms with van der Waals surface area (Å²) in [5.74, 6) is -0.449. The summed E-state index contributed by atoms with van der Waals surface area (Å²) >= 11 is 1.38. The molecule has 120 valence electrons. The number of rotatable bonds is 3. The number of anilines is 1. The molecule has 0 spiro atoms. The van der Waals surface area contributed by atoms with E-state index in [1.165, 1.54) is 11.3 Å². The maximum Gasteiger partial charge on any atom is 0.261 e. The number of nitrogens with one attached hydrogen (secondary N) is 2. The van der Waals surface area contributed by atoms with Gasteiger partial charge in [0.1, 0.15) is 22.2 Å². The number of benzene rings is 1. The Hall–Kier alpha value is -2.91. The number of thiophene rings is 1. The highest BCUT2D eigenvalue weighted by Crippen LogP contribution is 2.33. The maximum absolute atomic E-state index is 12.6. The number of para-hydroxylation sites is 1. The molecule has 0 saturated heterocycles. The van der Waals surface area contributed by atoms with Crippen molar-refractivity contribution in [2.24, 2.45) is 0 Å². The van der Waals surface area contributed by atoms with Crippen LogP contribution in [0.25, 0.3) is 11.0 Å². The van der Waals surface area contributed by atoms with Gasteiger partial charge in [0.2, 0.25) is 5.55 Å². The Morgan fingerprint density at radius 3 is 2.88 bits per heavy atom. The van der Waals surface area contributed by atoms with E-state index in [9.17, 15) is 10.1 Å². The summed E-state index contributed by atoms with van der Waals surface area (Å²) in [6.07, 6.45) is 0.732. The predicted octanol–water partition coefficient (Wildman–Crippen LogP) is 3.97. The van der Waals surface area contributed by atoms with Crippen LogP contribution in [0.15, 0.2) is 34.7 Å². The lowest BCUT2D eigenvalue weighted by molar-refractivity contribution is 0.102. The molecule has 2 N–H and O–H groups in total. The lowest BCUT2D eigenvalue weighted by Gasteiger charge is -2.05. The van der Waals surface area contributed by atoms with Gasteiger partial charge in [0.25, 0.3) is 5.91 Å². The van der Waals surface area contributed by atoms with Gasteiger partial charge in [0.15, 0.2) is 0 Å². The van der Waals surface area contributed by atoms with Crippen LogP contribution in [0.1, 0.15) is 33.3 Å². The molecule has 2 aromatic heterocycles. The van der Waals surface area contributed by atoms with E-state index in [4.69, 9.17) is 9.83 Å². The fourth-order valence-electron chi connectivity index (χ4n) is 2.63. The summed E-state index contributed by atoms with van der Waals surface area (Å²) in [7, 11) is 0. The van der Waals surface area contributed by atoms with Gasteiger partial charge in [-0.05, 0) is 31.0 Å². The number of hydrogen-bond acceptors (Lipinski definition) is 5. The molecular weight excluding hydrogens is 322 g/mol. The normalized spacial score (nSPS) is 10.5. The van der Waals surface area contributed by atoms with E-state index < -0.39 is 5.91 Å². The molecule has 0 fully saturated rings. The number of aryl methyl sites for hydroxylation is 1. The Balaban J connectivity index is 2.01. The molecule has 0 aliphatic carbocycles. The van der Waals surface area contributed by atoms with Crippen molar-refractivity contribution in [3.8, 4) is 6.07 Å². The molecule has 3 aromatic rings. The van der Waals surface area contributed by atoms with E-state index in [1.807, 2.05) is 32.0 Å².